The predicted molar refractivity (Wildman–Crippen MR) is 113 cm³/mol. The summed E-state index contributed by atoms with van der Waals surface area (Å²) < 4.78 is 71.6. The maximum Gasteiger partial charge on any atom is 0.297 e. The Morgan fingerprint density at radius 2 is 1.94 bits per heavy atom. The summed E-state index contributed by atoms with van der Waals surface area (Å²) in [5, 5.41) is 11.2. The highest BCUT2D eigenvalue weighted by Crippen LogP contribution is 2.33. The number of benzene rings is 1. The van der Waals surface area contributed by atoms with E-state index in [1.54, 1.807) is 13.0 Å². The van der Waals surface area contributed by atoms with Gasteiger partial charge in [0.15, 0.2) is 17.4 Å². The second-order valence-corrected chi connectivity index (χ2v) is 8.18. The van der Waals surface area contributed by atoms with Crippen molar-refractivity contribution in [2.75, 3.05) is 13.2 Å². The number of aryl methyl sites for hydroxylation is 1. The molecule has 8 nitrogen and oxygen atoms in total. The smallest absolute Gasteiger partial charge is 0.297 e. The van der Waals surface area contributed by atoms with Gasteiger partial charge in [0, 0.05) is 19.2 Å². The third-order valence-electron chi connectivity index (χ3n) is 5.45. The zero-order valence-electron chi connectivity index (χ0n) is 18.8. The maximum absolute atomic E-state index is 14.8. The number of amides is 1. The minimum atomic E-state index is -2.83. The van der Waals surface area contributed by atoms with Crippen molar-refractivity contribution in [2.45, 2.75) is 63.7 Å². The molecule has 1 aromatic heterocycles. The van der Waals surface area contributed by atoms with Crippen molar-refractivity contribution >= 4 is 16.9 Å². The van der Waals surface area contributed by atoms with Gasteiger partial charge < -0.3 is 19.5 Å². The number of fused-ring (bicyclic) bond motifs is 1. The molecule has 0 bridgehead atoms. The average molecular weight is 486 g/mol. The normalized spacial score (nSPS) is 19.1. The van der Waals surface area contributed by atoms with Crippen LogP contribution in [-0.2, 0) is 16.6 Å². The topological polar surface area (TPSA) is 98.4 Å². The fourth-order valence-corrected chi connectivity index (χ4v) is 3.81. The molecular weight excluding hydrogens is 460 g/mol. The number of rotatable bonds is 10. The molecule has 0 unspecified atom stereocenters. The number of nitriles is 1. The molecule has 0 aliphatic heterocycles. The molecule has 0 saturated heterocycles. The standard InChI is InChI=1S/C22H26F4N4O4/c1-12(28-18(31)7-8-27)10-32-13-3-5-14(6-4-13)34-22-29-20-15(23)9-16(33-11-17(24)25)19(26)21(20)30(22)2/h9,12-14,17H,3-7,10-11H2,1-2H3,(H,28,31)/t12-,13?,14?/m0/s1. The van der Waals surface area contributed by atoms with Gasteiger partial charge in [-0.15, -0.1) is 0 Å². The lowest BCUT2D eigenvalue weighted by Crippen LogP contribution is -2.37. The lowest BCUT2D eigenvalue weighted by atomic mass is 9.95. The van der Waals surface area contributed by atoms with Crippen LogP contribution in [-0.4, -0.2) is 53.3 Å². The highest BCUT2D eigenvalue weighted by atomic mass is 19.3. The number of hydrogen-bond acceptors (Lipinski definition) is 6. The van der Waals surface area contributed by atoms with E-state index in [-0.39, 0.29) is 47.6 Å². The highest BCUT2D eigenvalue weighted by molar-refractivity contribution is 5.80. The van der Waals surface area contributed by atoms with Gasteiger partial charge in [-0.25, -0.2) is 17.6 Å². The van der Waals surface area contributed by atoms with Crippen molar-refractivity contribution in [1.82, 2.24) is 14.9 Å². The van der Waals surface area contributed by atoms with Crippen LogP contribution in [0.25, 0.3) is 11.0 Å². The molecule has 1 amide bonds. The Balaban J connectivity index is 1.57. The van der Waals surface area contributed by atoms with Gasteiger partial charge in [0.1, 0.15) is 30.2 Å². The van der Waals surface area contributed by atoms with Gasteiger partial charge in [-0.3, -0.25) is 9.36 Å². The highest BCUT2D eigenvalue weighted by Gasteiger charge is 2.27. The second kappa shape index (κ2) is 11.4. The van der Waals surface area contributed by atoms with Crippen LogP contribution in [0.4, 0.5) is 17.6 Å². The molecule has 2 aromatic rings. The van der Waals surface area contributed by atoms with Crippen molar-refractivity contribution in [3.8, 4) is 17.8 Å². The first-order valence-electron chi connectivity index (χ1n) is 10.9. The monoisotopic (exact) mass is 486 g/mol. The summed E-state index contributed by atoms with van der Waals surface area (Å²) in [5.74, 6) is -2.86. The summed E-state index contributed by atoms with van der Waals surface area (Å²) in [4.78, 5) is 15.5. The summed E-state index contributed by atoms with van der Waals surface area (Å²) >= 11 is 0. The Labute approximate surface area is 193 Å². The van der Waals surface area contributed by atoms with E-state index in [4.69, 9.17) is 14.7 Å². The van der Waals surface area contributed by atoms with Crippen LogP contribution in [0.3, 0.4) is 0 Å². The summed E-state index contributed by atoms with van der Waals surface area (Å²) in [6.45, 7) is 1.05. The number of alkyl halides is 2. The minimum Gasteiger partial charge on any atom is -0.484 e. The van der Waals surface area contributed by atoms with Crippen LogP contribution in [0.15, 0.2) is 6.07 Å². The Kier molecular flexibility index (Phi) is 8.55. The number of nitrogens with zero attached hydrogens (tertiary/aromatic N) is 3. The number of nitrogens with one attached hydrogen (secondary N) is 1. The zero-order valence-corrected chi connectivity index (χ0v) is 18.8. The van der Waals surface area contributed by atoms with E-state index in [1.807, 2.05) is 0 Å². The average Bonchev–Trinajstić information content (AvgIpc) is 3.11. The van der Waals surface area contributed by atoms with E-state index < -0.39 is 30.4 Å². The van der Waals surface area contributed by atoms with E-state index in [0.29, 0.717) is 38.4 Å². The molecular formula is C22H26F4N4O4. The van der Waals surface area contributed by atoms with E-state index in [1.165, 1.54) is 11.6 Å². The molecule has 1 atom stereocenters. The van der Waals surface area contributed by atoms with Crippen LogP contribution in [0, 0.1) is 23.0 Å². The Morgan fingerprint density at radius 1 is 1.26 bits per heavy atom. The van der Waals surface area contributed by atoms with Crippen molar-refractivity contribution in [3.05, 3.63) is 17.7 Å². The van der Waals surface area contributed by atoms with E-state index >= 15 is 0 Å². The molecule has 0 spiro atoms. The molecule has 3 rings (SSSR count). The molecule has 186 valence electrons. The van der Waals surface area contributed by atoms with Crippen molar-refractivity contribution in [2.24, 2.45) is 7.05 Å². The largest absolute Gasteiger partial charge is 0.484 e. The number of ether oxygens (including phenoxy) is 3. The van der Waals surface area contributed by atoms with Gasteiger partial charge in [0.05, 0.1) is 18.8 Å². The molecule has 1 fully saturated rings. The molecule has 34 heavy (non-hydrogen) atoms. The first kappa shape index (κ1) is 25.6. The second-order valence-electron chi connectivity index (χ2n) is 8.18. The van der Waals surface area contributed by atoms with Gasteiger partial charge in [-0.1, -0.05) is 0 Å². The van der Waals surface area contributed by atoms with Crippen LogP contribution in [0.5, 0.6) is 11.8 Å². The number of hydrogen-bond donors (Lipinski definition) is 1. The molecule has 1 aliphatic rings. The fourth-order valence-electron chi connectivity index (χ4n) is 3.81. The lowest BCUT2D eigenvalue weighted by molar-refractivity contribution is -0.121. The lowest BCUT2D eigenvalue weighted by Gasteiger charge is -2.29. The van der Waals surface area contributed by atoms with E-state index in [9.17, 15) is 22.4 Å². The number of aromatic nitrogens is 2. The van der Waals surface area contributed by atoms with Crippen LogP contribution >= 0.6 is 0 Å². The molecule has 1 saturated carbocycles. The number of imidazole rings is 1. The van der Waals surface area contributed by atoms with Crippen molar-refractivity contribution in [1.29, 1.82) is 5.26 Å². The first-order chi connectivity index (χ1) is 16.2. The van der Waals surface area contributed by atoms with Gasteiger partial charge in [0.25, 0.3) is 12.4 Å². The summed E-state index contributed by atoms with van der Waals surface area (Å²) in [6.07, 6.45) is -0.693. The quantitative estimate of drug-likeness (QED) is 0.515. The van der Waals surface area contributed by atoms with Gasteiger partial charge >= 0.3 is 0 Å². The molecule has 1 aliphatic carbocycles. The minimum absolute atomic E-state index is 0.0111. The van der Waals surface area contributed by atoms with E-state index in [2.05, 4.69) is 15.0 Å². The number of halogens is 4. The van der Waals surface area contributed by atoms with Crippen LogP contribution in [0.1, 0.15) is 39.0 Å². The third kappa shape index (κ3) is 6.28. The summed E-state index contributed by atoms with van der Waals surface area (Å²) in [5.41, 5.74) is -0.507. The summed E-state index contributed by atoms with van der Waals surface area (Å²) in [6, 6.07) is 2.27. The van der Waals surface area contributed by atoms with Gasteiger partial charge in [-0.05, 0) is 32.6 Å². The molecule has 12 heteroatoms. The first-order valence-corrected chi connectivity index (χ1v) is 10.9. The molecule has 0 radical (unpaired) electrons. The van der Waals surface area contributed by atoms with E-state index in [0.717, 1.165) is 0 Å². The van der Waals surface area contributed by atoms with Crippen molar-refractivity contribution in [3.63, 3.8) is 0 Å². The number of carbonyl (C=O) groups is 1. The molecule has 1 aromatic carbocycles. The Bertz CT molecular complexity index is 1050. The number of carbonyl (C=O) groups excluding carboxylic acids is 1. The molecule has 1 heterocycles. The zero-order chi connectivity index (χ0) is 24.8. The van der Waals surface area contributed by atoms with Crippen LogP contribution in [0.2, 0.25) is 0 Å². The SMILES string of the molecule is C[C@@H](COC1CCC(Oc2nc3c(F)cc(OCC(F)F)c(F)c3n2C)CC1)NC(=O)CC#N. The van der Waals surface area contributed by atoms with Gasteiger partial charge in [0.2, 0.25) is 5.91 Å². The summed E-state index contributed by atoms with van der Waals surface area (Å²) in [7, 11) is 1.45. The van der Waals surface area contributed by atoms with Crippen molar-refractivity contribution < 1.29 is 36.6 Å². The Morgan fingerprint density at radius 3 is 2.59 bits per heavy atom. The Hall–Kier alpha value is -3.07. The maximum atomic E-state index is 14.8. The fraction of sp³-hybridized carbons (Fsp3) is 0.591. The predicted octanol–water partition coefficient (Wildman–Crippen LogP) is 3.62. The molecule has 1 N–H and O–H groups in total. The van der Waals surface area contributed by atoms with Gasteiger partial charge in [-0.2, -0.15) is 10.2 Å². The van der Waals surface area contributed by atoms with Crippen LogP contribution < -0.4 is 14.8 Å². The third-order valence-corrected chi connectivity index (χ3v) is 5.45.